The average molecular weight is 437 g/mol. The van der Waals surface area contributed by atoms with Crippen LogP contribution < -0.4 is 42.5 Å². The van der Waals surface area contributed by atoms with E-state index in [1.165, 1.54) is 6.92 Å². The van der Waals surface area contributed by atoms with Crippen LogP contribution in [-0.4, -0.2) is 76.8 Å². The minimum absolute atomic E-state index is 0. The number of carbonyl (C=O) groups is 3. The van der Waals surface area contributed by atoms with Gasteiger partial charge in [0.2, 0.25) is 0 Å². The average Bonchev–Trinajstić information content (AvgIpc) is 2.42. The summed E-state index contributed by atoms with van der Waals surface area (Å²) in [6.45, 7) is 5.94. The Labute approximate surface area is 174 Å². The normalized spacial score (nSPS) is 28.8. The Bertz CT molecular complexity index is 456. The van der Waals surface area contributed by atoms with E-state index in [0.29, 0.717) is 19.6 Å². The largest absolute Gasteiger partial charge is 1.00 e. The maximum absolute atomic E-state index is 12.1. The minimum atomic E-state index is -0.730. The fourth-order valence-corrected chi connectivity index (χ4v) is 2.85. The summed E-state index contributed by atoms with van der Waals surface area (Å²) in [4.78, 5) is 39.6. The van der Waals surface area contributed by atoms with Gasteiger partial charge < -0.3 is 37.2 Å². The summed E-state index contributed by atoms with van der Waals surface area (Å²) in [7, 11) is 3.69. The molecule has 1 aliphatic heterocycles. The Kier molecular flexibility index (Phi) is 14.6. The molecule has 6 nitrogen and oxygen atoms in total. The first-order chi connectivity index (χ1) is 9.59. The first kappa shape index (κ1) is 29.2. The van der Waals surface area contributed by atoms with Gasteiger partial charge in [-0.05, 0) is 0 Å². The summed E-state index contributed by atoms with van der Waals surface area (Å²) >= 11 is 1.85. The van der Waals surface area contributed by atoms with Crippen molar-refractivity contribution in [2.45, 2.75) is 36.7 Å². The molecule has 3 unspecified atom stereocenters. The molecular formula is C14H24Cl3N3O3Ti. The second-order valence-electron chi connectivity index (χ2n) is 5.91. The fraction of sp³-hybridized carbons (Fsp3) is 0.786. The van der Waals surface area contributed by atoms with Gasteiger partial charge in [-0.15, -0.1) is 0 Å². The number of ketones is 3. The van der Waals surface area contributed by atoms with Crippen LogP contribution in [0.25, 0.3) is 0 Å². The van der Waals surface area contributed by atoms with Crippen molar-refractivity contribution in [3.63, 3.8) is 0 Å². The van der Waals surface area contributed by atoms with Crippen molar-refractivity contribution >= 4 is 17.3 Å². The molecule has 0 aromatic heterocycles. The second-order valence-corrected chi connectivity index (χ2v) is 7.20. The van der Waals surface area contributed by atoms with E-state index in [4.69, 9.17) is 0 Å². The number of carbonyl (C=O) groups excluding carboxylic acids is 3. The summed E-state index contributed by atoms with van der Waals surface area (Å²) in [6, 6.07) is -0.697. The quantitative estimate of drug-likeness (QED) is 0.443. The van der Waals surface area contributed by atoms with Crippen molar-refractivity contribution in [3.05, 3.63) is 0 Å². The van der Waals surface area contributed by atoms with E-state index in [-0.39, 0.29) is 66.7 Å². The van der Waals surface area contributed by atoms with Crippen molar-refractivity contribution < 1.29 is 72.0 Å². The molecular weight excluding hydrogens is 412 g/mol. The van der Waals surface area contributed by atoms with E-state index in [2.05, 4.69) is 5.32 Å². The monoisotopic (exact) mass is 435 g/mol. The summed E-state index contributed by atoms with van der Waals surface area (Å²) < 4.78 is -0.730. The molecule has 0 radical (unpaired) electrons. The number of halogens is 3. The van der Waals surface area contributed by atoms with Crippen LogP contribution in [0, 0.1) is 0 Å². The van der Waals surface area contributed by atoms with Crippen LogP contribution in [0.15, 0.2) is 0 Å². The molecule has 0 amide bonds. The molecule has 0 aromatic carbocycles. The number of likely N-dealkylation sites (N-methyl/N-ethyl adjacent to an activating group) is 2. The van der Waals surface area contributed by atoms with Gasteiger partial charge in [0.25, 0.3) is 0 Å². The van der Waals surface area contributed by atoms with E-state index in [9.17, 15) is 14.4 Å². The third kappa shape index (κ3) is 7.00. The Morgan fingerprint density at radius 1 is 1.00 bits per heavy atom. The smallest absolute Gasteiger partial charge is 1.00 e. The molecule has 1 aliphatic rings. The molecule has 0 bridgehead atoms. The molecule has 10 heteroatoms. The van der Waals surface area contributed by atoms with Crippen LogP contribution in [0.4, 0.5) is 0 Å². The van der Waals surface area contributed by atoms with Gasteiger partial charge >= 0.3 is 138 Å². The van der Waals surface area contributed by atoms with Crippen LogP contribution in [-0.2, 0) is 34.8 Å². The van der Waals surface area contributed by atoms with Gasteiger partial charge in [-0.2, -0.15) is 0 Å². The second kappa shape index (κ2) is 12.0. The molecule has 24 heavy (non-hydrogen) atoms. The summed E-state index contributed by atoms with van der Waals surface area (Å²) in [5.41, 5.74) is 0. The van der Waals surface area contributed by atoms with Crippen molar-refractivity contribution in [1.82, 2.24) is 15.1 Å². The Morgan fingerprint density at radius 2 is 1.50 bits per heavy atom. The Hall–Kier alpha value is 0.474. The van der Waals surface area contributed by atoms with Gasteiger partial charge in [0.15, 0.2) is 0 Å². The third-order valence-electron chi connectivity index (χ3n) is 4.25. The summed E-state index contributed by atoms with van der Waals surface area (Å²) in [5.74, 6) is 0.0747. The number of hydrogen-bond acceptors (Lipinski definition) is 6. The topological polar surface area (TPSA) is 69.7 Å². The first-order valence-corrected chi connectivity index (χ1v) is 7.79. The molecule has 1 saturated heterocycles. The molecule has 138 valence electrons. The molecule has 1 N–H and O–H groups in total. The number of rotatable bonds is 3. The Morgan fingerprint density at radius 3 is 1.88 bits per heavy atom. The molecule has 1 heterocycles. The molecule has 0 aliphatic carbocycles. The third-order valence-corrected chi connectivity index (χ3v) is 5.67. The molecule has 3 atom stereocenters. The maximum Gasteiger partial charge on any atom is -1.00 e. The predicted octanol–water partition coefficient (Wildman–Crippen LogP) is -9.79. The first-order valence-electron chi connectivity index (χ1n) is 7.01. The van der Waals surface area contributed by atoms with E-state index in [1.54, 1.807) is 13.8 Å². The van der Waals surface area contributed by atoms with Crippen LogP contribution >= 0.6 is 0 Å². The molecule has 0 saturated carbocycles. The standard InChI is InChI=1S/C14H24N3O3.3ClH.Ti/c1-9(18)12-7-16(4)14(11(3)20)8-17(5)13(6-15-12)10(2)19;;;;/h12,14-15H,6-8H2,1-5H3;3*1H;/q;;;;+3/p-3. The van der Waals surface area contributed by atoms with Gasteiger partial charge in [-0.3, -0.25) is 0 Å². The zero-order chi connectivity index (χ0) is 16.4. The zero-order valence-electron chi connectivity index (χ0n) is 14.5. The number of nitrogens with one attached hydrogen (secondary N) is 1. The molecule has 1 fully saturated rings. The van der Waals surface area contributed by atoms with Crippen LogP contribution in [0.1, 0.15) is 20.8 Å². The van der Waals surface area contributed by atoms with Crippen LogP contribution in [0.5, 0.6) is 0 Å². The van der Waals surface area contributed by atoms with Crippen LogP contribution in [0.3, 0.4) is 0 Å². The van der Waals surface area contributed by atoms with Crippen molar-refractivity contribution in [2.75, 3.05) is 33.7 Å². The van der Waals surface area contributed by atoms with Crippen LogP contribution in [0.2, 0.25) is 0 Å². The summed E-state index contributed by atoms with van der Waals surface area (Å²) in [6.07, 6.45) is 0. The van der Waals surface area contributed by atoms with Gasteiger partial charge in [0.1, 0.15) is 0 Å². The van der Waals surface area contributed by atoms with Crippen molar-refractivity contribution in [2.24, 2.45) is 0 Å². The van der Waals surface area contributed by atoms with E-state index < -0.39 is 3.84 Å². The molecule has 0 aromatic rings. The maximum atomic E-state index is 12.1. The van der Waals surface area contributed by atoms with E-state index in [1.807, 2.05) is 44.3 Å². The molecule has 0 spiro atoms. The number of hydrogen-bond donors (Lipinski definition) is 1. The van der Waals surface area contributed by atoms with Gasteiger partial charge in [-0.1, -0.05) is 0 Å². The fourth-order valence-electron chi connectivity index (χ4n) is 2.54. The van der Waals surface area contributed by atoms with E-state index >= 15 is 0 Å². The SMILES string of the molecule is CC(=O)C1CN(C)C(C(C)=O)CN(C)[C]([Ti+3])(C(C)=O)CN1.[Cl-].[Cl-].[Cl-]. The van der Waals surface area contributed by atoms with Gasteiger partial charge in [0.05, 0.1) is 0 Å². The Balaban J connectivity index is -0.00000147. The predicted molar refractivity (Wildman–Crippen MR) is 75.6 cm³/mol. The van der Waals surface area contributed by atoms with Crippen molar-refractivity contribution in [3.8, 4) is 0 Å². The molecule has 1 rings (SSSR count). The van der Waals surface area contributed by atoms with E-state index in [0.717, 1.165) is 0 Å². The minimum Gasteiger partial charge on any atom is -1.00 e. The zero-order valence-corrected chi connectivity index (χ0v) is 18.4. The number of nitrogens with zero attached hydrogens (tertiary/aromatic N) is 2. The van der Waals surface area contributed by atoms with Crippen molar-refractivity contribution in [1.29, 1.82) is 0 Å². The van der Waals surface area contributed by atoms with Gasteiger partial charge in [-0.25, -0.2) is 0 Å². The van der Waals surface area contributed by atoms with Gasteiger partial charge in [0, 0.05) is 0 Å². The number of Topliss-reactive ketones (excluding diaryl/α,β-unsaturated/α-hetero) is 3. The summed E-state index contributed by atoms with van der Waals surface area (Å²) in [5, 5.41) is 3.19.